The van der Waals surface area contributed by atoms with Crippen molar-refractivity contribution in [3.05, 3.63) is 48.6 Å². The summed E-state index contributed by atoms with van der Waals surface area (Å²) in [5.41, 5.74) is 2.30. The van der Waals surface area contributed by atoms with Crippen LogP contribution in [0.3, 0.4) is 0 Å². The topological polar surface area (TPSA) is 0 Å². The van der Waals surface area contributed by atoms with E-state index in [1.807, 2.05) is 12.2 Å². The molecule has 0 aliphatic rings. The van der Waals surface area contributed by atoms with Crippen LogP contribution in [0.4, 0.5) is 0 Å². The van der Waals surface area contributed by atoms with Crippen molar-refractivity contribution >= 4 is 0 Å². The molecule has 0 radical (unpaired) electrons. The summed E-state index contributed by atoms with van der Waals surface area (Å²) in [6, 6.07) is 0. The Labute approximate surface area is 69.6 Å². The highest BCUT2D eigenvalue weighted by molar-refractivity contribution is 5.36. The molecule has 0 atom stereocenters. The SMILES string of the molecule is C=C/C=C\C(=C)/C(C)=C/CC. The Morgan fingerprint density at radius 2 is 2.09 bits per heavy atom. The fraction of sp³-hybridized carbons (Fsp3) is 0.273. The van der Waals surface area contributed by atoms with Gasteiger partial charge in [0.2, 0.25) is 0 Å². The van der Waals surface area contributed by atoms with Crippen molar-refractivity contribution in [1.82, 2.24) is 0 Å². The monoisotopic (exact) mass is 148 g/mol. The number of allylic oxidation sites excluding steroid dienone is 6. The zero-order chi connectivity index (χ0) is 8.69. The summed E-state index contributed by atoms with van der Waals surface area (Å²) in [5.74, 6) is 0. The third-order valence-corrected chi connectivity index (χ3v) is 1.45. The van der Waals surface area contributed by atoms with Gasteiger partial charge < -0.3 is 0 Å². The lowest BCUT2D eigenvalue weighted by Gasteiger charge is -1.97. The van der Waals surface area contributed by atoms with E-state index in [-0.39, 0.29) is 0 Å². The van der Waals surface area contributed by atoms with E-state index in [2.05, 4.69) is 33.1 Å². The zero-order valence-electron chi connectivity index (χ0n) is 7.43. The van der Waals surface area contributed by atoms with Gasteiger partial charge in [-0.15, -0.1) is 0 Å². The fourth-order valence-corrected chi connectivity index (χ4v) is 0.753. The highest BCUT2D eigenvalue weighted by atomic mass is 13.9. The van der Waals surface area contributed by atoms with E-state index in [1.165, 1.54) is 5.57 Å². The number of hydrogen-bond donors (Lipinski definition) is 0. The molecular formula is C11H16. The minimum atomic E-state index is 1.06. The van der Waals surface area contributed by atoms with E-state index in [0.29, 0.717) is 0 Å². The second-order valence-corrected chi connectivity index (χ2v) is 2.42. The Morgan fingerprint density at radius 3 is 2.55 bits per heavy atom. The average molecular weight is 148 g/mol. The molecule has 0 aliphatic heterocycles. The molecule has 0 aromatic heterocycles. The minimum absolute atomic E-state index is 1.06. The number of hydrogen-bond acceptors (Lipinski definition) is 0. The van der Waals surface area contributed by atoms with Gasteiger partial charge in [-0.2, -0.15) is 0 Å². The molecule has 60 valence electrons. The molecule has 0 rings (SSSR count). The minimum Gasteiger partial charge on any atom is -0.0991 e. The molecule has 0 nitrogen and oxygen atoms in total. The first kappa shape index (κ1) is 9.96. The maximum Gasteiger partial charge on any atom is -0.0303 e. The van der Waals surface area contributed by atoms with Gasteiger partial charge in [-0.25, -0.2) is 0 Å². The molecule has 0 saturated carbocycles. The predicted octanol–water partition coefficient (Wildman–Crippen LogP) is 3.64. The lowest BCUT2D eigenvalue weighted by molar-refractivity contribution is 1.19. The Hall–Kier alpha value is -1.04. The summed E-state index contributed by atoms with van der Waals surface area (Å²) in [4.78, 5) is 0. The van der Waals surface area contributed by atoms with Crippen molar-refractivity contribution in [2.45, 2.75) is 20.3 Å². The quantitative estimate of drug-likeness (QED) is 0.534. The maximum absolute atomic E-state index is 3.91. The van der Waals surface area contributed by atoms with Crippen molar-refractivity contribution in [2.24, 2.45) is 0 Å². The summed E-state index contributed by atoms with van der Waals surface area (Å²) in [7, 11) is 0. The van der Waals surface area contributed by atoms with Crippen LogP contribution in [-0.2, 0) is 0 Å². The van der Waals surface area contributed by atoms with Gasteiger partial charge in [0.05, 0.1) is 0 Å². The Kier molecular flexibility index (Phi) is 5.18. The number of rotatable bonds is 4. The Balaban J connectivity index is 4.13. The van der Waals surface area contributed by atoms with Crippen LogP contribution in [0.2, 0.25) is 0 Å². The van der Waals surface area contributed by atoms with Crippen LogP contribution in [-0.4, -0.2) is 0 Å². The van der Waals surface area contributed by atoms with E-state index >= 15 is 0 Å². The van der Waals surface area contributed by atoms with Crippen LogP contribution in [0, 0.1) is 0 Å². The van der Waals surface area contributed by atoms with Gasteiger partial charge in [0, 0.05) is 0 Å². The van der Waals surface area contributed by atoms with Gasteiger partial charge >= 0.3 is 0 Å². The summed E-state index contributed by atoms with van der Waals surface area (Å²) in [6.45, 7) is 11.7. The van der Waals surface area contributed by atoms with Crippen molar-refractivity contribution in [3.63, 3.8) is 0 Å². The van der Waals surface area contributed by atoms with Crippen LogP contribution in [0.1, 0.15) is 20.3 Å². The summed E-state index contributed by atoms with van der Waals surface area (Å²) in [5, 5.41) is 0. The summed E-state index contributed by atoms with van der Waals surface area (Å²) in [6.07, 6.45) is 8.84. The first-order valence-corrected chi connectivity index (χ1v) is 3.87. The summed E-state index contributed by atoms with van der Waals surface area (Å²) >= 11 is 0. The Morgan fingerprint density at radius 1 is 1.45 bits per heavy atom. The molecule has 11 heavy (non-hydrogen) atoms. The molecule has 0 heteroatoms. The van der Waals surface area contributed by atoms with Crippen LogP contribution in [0.15, 0.2) is 48.6 Å². The van der Waals surface area contributed by atoms with Crippen molar-refractivity contribution in [2.75, 3.05) is 0 Å². The van der Waals surface area contributed by atoms with Crippen molar-refractivity contribution in [3.8, 4) is 0 Å². The summed E-state index contributed by atoms with van der Waals surface area (Å²) < 4.78 is 0. The van der Waals surface area contributed by atoms with Crippen LogP contribution in [0.5, 0.6) is 0 Å². The largest absolute Gasteiger partial charge is 0.0991 e. The van der Waals surface area contributed by atoms with Crippen molar-refractivity contribution < 1.29 is 0 Å². The molecular weight excluding hydrogens is 132 g/mol. The highest BCUT2D eigenvalue weighted by Gasteiger charge is 1.88. The molecule has 0 bridgehead atoms. The van der Waals surface area contributed by atoms with E-state index in [9.17, 15) is 0 Å². The van der Waals surface area contributed by atoms with E-state index < -0.39 is 0 Å². The normalized spacial score (nSPS) is 12.0. The van der Waals surface area contributed by atoms with Crippen molar-refractivity contribution in [1.29, 1.82) is 0 Å². The third-order valence-electron chi connectivity index (χ3n) is 1.45. The first-order valence-electron chi connectivity index (χ1n) is 3.87. The van der Waals surface area contributed by atoms with Gasteiger partial charge in [-0.3, -0.25) is 0 Å². The molecule has 0 spiro atoms. The molecule has 0 aliphatic carbocycles. The molecule has 0 amide bonds. The average Bonchev–Trinajstić information content (AvgIpc) is 2.00. The maximum atomic E-state index is 3.91. The van der Waals surface area contributed by atoms with Gasteiger partial charge in [0.1, 0.15) is 0 Å². The van der Waals surface area contributed by atoms with E-state index in [1.54, 1.807) is 6.08 Å². The van der Waals surface area contributed by atoms with Crippen LogP contribution >= 0.6 is 0 Å². The Bertz CT molecular complexity index is 192. The lowest BCUT2D eigenvalue weighted by Crippen LogP contribution is -1.77. The van der Waals surface area contributed by atoms with Gasteiger partial charge in [0.25, 0.3) is 0 Å². The fourth-order valence-electron chi connectivity index (χ4n) is 0.753. The molecule has 0 fully saturated rings. The molecule has 0 unspecified atom stereocenters. The van der Waals surface area contributed by atoms with E-state index in [0.717, 1.165) is 12.0 Å². The molecule has 0 saturated heterocycles. The van der Waals surface area contributed by atoms with Crippen LogP contribution in [0.25, 0.3) is 0 Å². The van der Waals surface area contributed by atoms with Gasteiger partial charge in [-0.1, -0.05) is 44.4 Å². The van der Waals surface area contributed by atoms with Gasteiger partial charge in [0.15, 0.2) is 0 Å². The molecule has 0 aromatic rings. The molecule has 0 heterocycles. The highest BCUT2D eigenvalue weighted by Crippen LogP contribution is 2.08. The molecule has 0 N–H and O–H groups in total. The zero-order valence-corrected chi connectivity index (χ0v) is 7.43. The predicted molar refractivity (Wildman–Crippen MR) is 52.5 cm³/mol. The smallest absolute Gasteiger partial charge is 0.0303 e. The lowest BCUT2D eigenvalue weighted by atomic mass is 10.1. The molecule has 0 aromatic carbocycles. The first-order chi connectivity index (χ1) is 5.22. The van der Waals surface area contributed by atoms with Crippen LogP contribution < -0.4 is 0 Å². The second-order valence-electron chi connectivity index (χ2n) is 2.42. The standard InChI is InChI=1S/C11H16/c1-5-7-9-11(4)10(3)8-6-2/h5,7-9H,1,4,6H2,2-3H3/b9-7-,10-8+. The third kappa shape index (κ3) is 4.38. The van der Waals surface area contributed by atoms with E-state index in [4.69, 9.17) is 0 Å². The second kappa shape index (κ2) is 5.72. The van der Waals surface area contributed by atoms with Gasteiger partial charge in [-0.05, 0) is 24.5 Å².